The van der Waals surface area contributed by atoms with Crippen LogP contribution in [0, 0.1) is 34.5 Å². The van der Waals surface area contributed by atoms with Gasteiger partial charge in [0.05, 0.1) is 5.76 Å². The SMILES string of the molecule is C=C(C)O.CC[C@H]1CC[C@H]2[C@@H]3CCC(=O)[C@@](C)(CCC(C)=O)[C@@H]3CC[C@]12C.[HH]. The molecular formula is C24H42O3. The van der Waals surface area contributed by atoms with Gasteiger partial charge in [-0.15, -0.1) is 0 Å². The minimum absolute atomic E-state index is 0. The quantitative estimate of drug-likeness (QED) is 0.567. The summed E-state index contributed by atoms with van der Waals surface area (Å²) >= 11 is 0. The van der Waals surface area contributed by atoms with Gasteiger partial charge in [-0.2, -0.15) is 0 Å². The highest BCUT2D eigenvalue weighted by atomic mass is 16.3. The first kappa shape index (κ1) is 22.2. The van der Waals surface area contributed by atoms with Crippen LogP contribution in [-0.4, -0.2) is 16.7 Å². The first-order valence-electron chi connectivity index (χ1n) is 10.9. The molecule has 0 aromatic rings. The van der Waals surface area contributed by atoms with Crippen molar-refractivity contribution in [2.24, 2.45) is 34.5 Å². The van der Waals surface area contributed by atoms with E-state index < -0.39 is 0 Å². The third kappa shape index (κ3) is 4.32. The zero-order valence-corrected chi connectivity index (χ0v) is 18.1. The van der Waals surface area contributed by atoms with Gasteiger partial charge in [0, 0.05) is 19.7 Å². The lowest BCUT2D eigenvalue weighted by Gasteiger charge is -2.56. The van der Waals surface area contributed by atoms with E-state index in [2.05, 4.69) is 27.4 Å². The number of rotatable bonds is 4. The fourth-order valence-corrected chi connectivity index (χ4v) is 6.81. The van der Waals surface area contributed by atoms with E-state index in [0.29, 0.717) is 23.5 Å². The molecule has 6 atom stereocenters. The van der Waals surface area contributed by atoms with Crippen LogP contribution < -0.4 is 0 Å². The molecule has 0 spiro atoms. The van der Waals surface area contributed by atoms with Crippen LogP contribution >= 0.6 is 0 Å². The molecule has 3 heteroatoms. The maximum Gasteiger partial charge on any atom is 0.139 e. The van der Waals surface area contributed by atoms with Crippen molar-refractivity contribution >= 4 is 11.6 Å². The molecule has 0 radical (unpaired) electrons. The highest BCUT2D eigenvalue weighted by molar-refractivity contribution is 5.86. The van der Waals surface area contributed by atoms with E-state index in [0.717, 1.165) is 37.0 Å². The largest absolute Gasteiger partial charge is 0.513 e. The Balaban J connectivity index is 0.000000717. The molecule has 0 bridgehead atoms. The lowest BCUT2D eigenvalue weighted by Crippen LogP contribution is -2.52. The molecule has 3 aliphatic rings. The molecule has 0 amide bonds. The molecule has 3 rings (SSSR count). The van der Waals surface area contributed by atoms with Crippen LogP contribution in [0.3, 0.4) is 0 Å². The first-order valence-corrected chi connectivity index (χ1v) is 10.9. The van der Waals surface area contributed by atoms with Gasteiger partial charge in [0.15, 0.2) is 0 Å². The molecule has 156 valence electrons. The maximum absolute atomic E-state index is 12.8. The number of aliphatic hydroxyl groups is 1. The normalized spacial score (nSPS) is 40.4. The van der Waals surface area contributed by atoms with Gasteiger partial charge in [0.2, 0.25) is 0 Å². The van der Waals surface area contributed by atoms with E-state index in [1.54, 1.807) is 6.92 Å². The fourth-order valence-electron chi connectivity index (χ4n) is 6.81. The van der Waals surface area contributed by atoms with Crippen molar-refractivity contribution in [3.8, 4) is 0 Å². The zero-order chi connectivity index (χ0) is 20.4. The van der Waals surface area contributed by atoms with Crippen molar-refractivity contribution in [3.05, 3.63) is 12.3 Å². The monoisotopic (exact) mass is 378 g/mol. The number of fused-ring (bicyclic) bond motifs is 3. The highest BCUT2D eigenvalue weighted by Crippen LogP contribution is 2.64. The Morgan fingerprint density at radius 2 is 1.81 bits per heavy atom. The summed E-state index contributed by atoms with van der Waals surface area (Å²) in [7, 11) is 0. The molecule has 27 heavy (non-hydrogen) atoms. The summed E-state index contributed by atoms with van der Waals surface area (Å²) in [6.45, 7) is 13.4. The van der Waals surface area contributed by atoms with Gasteiger partial charge >= 0.3 is 0 Å². The average Bonchev–Trinajstić information content (AvgIpc) is 2.92. The van der Waals surface area contributed by atoms with Crippen LogP contribution in [0.15, 0.2) is 12.3 Å². The third-order valence-electron chi connectivity index (χ3n) is 8.28. The van der Waals surface area contributed by atoms with Gasteiger partial charge < -0.3 is 9.90 Å². The van der Waals surface area contributed by atoms with Gasteiger partial charge in [-0.05, 0) is 81.5 Å². The minimum atomic E-state index is -0.236. The summed E-state index contributed by atoms with van der Waals surface area (Å²) in [4.78, 5) is 24.3. The average molecular weight is 379 g/mol. The second kappa shape index (κ2) is 8.49. The lowest BCUT2D eigenvalue weighted by molar-refractivity contribution is -0.146. The Hall–Kier alpha value is -1.12. The second-order valence-electron chi connectivity index (χ2n) is 9.92. The van der Waals surface area contributed by atoms with Crippen molar-refractivity contribution in [1.82, 2.24) is 0 Å². The number of Topliss-reactive ketones (excluding diaryl/α,β-unsaturated/α-hetero) is 2. The van der Waals surface area contributed by atoms with Crippen LogP contribution in [0.25, 0.3) is 0 Å². The number of hydrogen-bond donors (Lipinski definition) is 1. The van der Waals surface area contributed by atoms with Crippen LogP contribution in [0.4, 0.5) is 0 Å². The van der Waals surface area contributed by atoms with E-state index in [-0.39, 0.29) is 18.4 Å². The molecule has 0 heterocycles. The minimum Gasteiger partial charge on any atom is -0.513 e. The van der Waals surface area contributed by atoms with E-state index >= 15 is 0 Å². The van der Waals surface area contributed by atoms with Gasteiger partial charge in [-0.25, -0.2) is 0 Å². The number of hydrogen-bond acceptors (Lipinski definition) is 3. The maximum atomic E-state index is 12.8. The van der Waals surface area contributed by atoms with Gasteiger partial charge in [0.25, 0.3) is 0 Å². The van der Waals surface area contributed by atoms with Crippen molar-refractivity contribution in [1.29, 1.82) is 0 Å². The lowest BCUT2D eigenvalue weighted by atomic mass is 9.48. The second-order valence-corrected chi connectivity index (χ2v) is 9.92. The van der Waals surface area contributed by atoms with Crippen LogP contribution in [0.2, 0.25) is 0 Å². The van der Waals surface area contributed by atoms with Crippen molar-refractivity contribution in [2.75, 3.05) is 0 Å². The molecule has 0 aromatic heterocycles. The Morgan fingerprint density at radius 3 is 2.37 bits per heavy atom. The van der Waals surface area contributed by atoms with Gasteiger partial charge in [-0.1, -0.05) is 33.8 Å². The fraction of sp³-hybridized carbons (Fsp3) is 0.833. The molecule has 0 aromatic carbocycles. The topological polar surface area (TPSA) is 54.4 Å². The summed E-state index contributed by atoms with van der Waals surface area (Å²) in [5, 5.41) is 7.86. The van der Waals surface area contributed by atoms with E-state index in [1.165, 1.54) is 39.0 Å². The van der Waals surface area contributed by atoms with E-state index in [9.17, 15) is 9.59 Å². The summed E-state index contributed by atoms with van der Waals surface area (Å²) < 4.78 is 0. The number of ketones is 2. The highest BCUT2D eigenvalue weighted by Gasteiger charge is 2.58. The number of aliphatic hydroxyl groups excluding tert-OH is 1. The van der Waals surface area contributed by atoms with Crippen molar-refractivity contribution in [3.63, 3.8) is 0 Å². The Bertz CT molecular complexity index is 582. The summed E-state index contributed by atoms with van der Waals surface area (Å²) in [6, 6.07) is 0. The molecule has 3 saturated carbocycles. The van der Waals surface area contributed by atoms with Gasteiger partial charge in [0.1, 0.15) is 11.6 Å². The molecule has 0 unspecified atom stereocenters. The Labute approximate surface area is 167 Å². The standard InChI is InChI=1S/C21H34O2.C3H6O.H2/c1-5-15-6-8-17-16-7-9-19(23)21(4,12-10-14(2)22)18(16)11-13-20(15,17)3;1-3(2)4;/h15-18H,5-13H2,1-4H3;4H,1H2,2H3;1H/t15-,16-,17-,18+,20+,21-;;/m0../s1. The third-order valence-corrected chi connectivity index (χ3v) is 8.28. The van der Waals surface area contributed by atoms with E-state index in [4.69, 9.17) is 5.11 Å². The molecule has 3 fully saturated rings. The summed E-state index contributed by atoms with van der Waals surface area (Å²) in [5.41, 5.74) is 0.276. The van der Waals surface area contributed by atoms with Crippen LogP contribution in [0.1, 0.15) is 93.8 Å². The predicted molar refractivity (Wildman–Crippen MR) is 113 cm³/mol. The van der Waals surface area contributed by atoms with Gasteiger partial charge in [-0.3, -0.25) is 4.79 Å². The predicted octanol–water partition coefficient (Wildman–Crippen LogP) is 6.52. The number of carbonyl (C=O) groups is 2. The van der Waals surface area contributed by atoms with Crippen molar-refractivity contribution in [2.45, 2.75) is 92.4 Å². The number of carbonyl (C=O) groups excluding carboxylic acids is 2. The zero-order valence-electron chi connectivity index (χ0n) is 18.1. The smallest absolute Gasteiger partial charge is 0.139 e. The van der Waals surface area contributed by atoms with E-state index in [1.807, 2.05) is 0 Å². The molecule has 1 N–H and O–H groups in total. The molecule has 0 aliphatic heterocycles. The Morgan fingerprint density at radius 1 is 1.19 bits per heavy atom. The molecule has 3 nitrogen and oxygen atoms in total. The van der Waals surface area contributed by atoms with Crippen molar-refractivity contribution < 1.29 is 16.1 Å². The summed E-state index contributed by atoms with van der Waals surface area (Å²) in [6.07, 6.45) is 9.77. The number of allylic oxidation sites excluding steroid dienone is 1. The van der Waals surface area contributed by atoms with Crippen LogP contribution in [-0.2, 0) is 9.59 Å². The first-order chi connectivity index (χ1) is 12.6. The molecule has 0 saturated heterocycles. The molecular weight excluding hydrogens is 336 g/mol. The molecule has 3 aliphatic carbocycles. The Kier molecular flexibility index (Phi) is 6.97. The summed E-state index contributed by atoms with van der Waals surface area (Å²) in [5.74, 6) is 3.78. The van der Waals surface area contributed by atoms with Crippen LogP contribution in [0.5, 0.6) is 0 Å².